The summed E-state index contributed by atoms with van der Waals surface area (Å²) in [4.78, 5) is 15.1. The molecule has 5 nitrogen and oxygen atoms in total. The van der Waals surface area contributed by atoms with Crippen molar-refractivity contribution in [2.75, 3.05) is 11.4 Å². The Morgan fingerprint density at radius 3 is 2.92 bits per heavy atom. The minimum Gasteiger partial charge on any atom is -0.308 e. The van der Waals surface area contributed by atoms with Crippen molar-refractivity contribution < 1.29 is 4.79 Å². The van der Waals surface area contributed by atoms with Crippen molar-refractivity contribution in [3.63, 3.8) is 0 Å². The Morgan fingerprint density at radius 2 is 2.08 bits per heavy atom. The SMILES string of the molecule is O=C(c1cccc(Cn2ccnn2)c1)N1CCCCc2cc(Cl)ccc21. The van der Waals surface area contributed by atoms with Gasteiger partial charge in [-0.2, -0.15) is 0 Å². The fourth-order valence-corrected chi connectivity index (χ4v) is 3.59. The maximum Gasteiger partial charge on any atom is 0.258 e. The molecule has 1 aliphatic rings. The van der Waals surface area contributed by atoms with Gasteiger partial charge in [0.05, 0.1) is 12.7 Å². The van der Waals surface area contributed by atoms with Crippen LogP contribution in [0.2, 0.25) is 5.02 Å². The monoisotopic (exact) mass is 366 g/mol. The highest BCUT2D eigenvalue weighted by molar-refractivity contribution is 6.30. The van der Waals surface area contributed by atoms with E-state index in [2.05, 4.69) is 10.3 Å². The summed E-state index contributed by atoms with van der Waals surface area (Å²) >= 11 is 6.15. The average molecular weight is 367 g/mol. The number of halogens is 1. The molecule has 0 atom stereocenters. The van der Waals surface area contributed by atoms with Crippen molar-refractivity contribution in [2.24, 2.45) is 0 Å². The lowest BCUT2D eigenvalue weighted by Gasteiger charge is -2.23. The normalized spacial score (nSPS) is 14.0. The molecule has 4 rings (SSSR count). The van der Waals surface area contributed by atoms with Gasteiger partial charge in [-0.15, -0.1) is 5.10 Å². The van der Waals surface area contributed by atoms with Crippen LogP contribution in [0.25, 0.3) is 0 Å². The van der Waals surface area contributed by atoms with Crippen molar-refractivity contribution in [3.05, 3.63) is 76.6 Å². The third-order valence-electron chi connectivity index (χ3n) is 4.65. The predicted molar refractivity (Wildman–Crippen MR) is 102 cm³/mol. The lowest BCUT2D eigenvalue weighted by molar-refractivity contribution is 0.0987. The van der Waals surface area contributed by atoms with E-state index in [9.17, 15) is 4.79 Å². The molecule has 0 fully saturated rings. The molecule has 0 saturated carbocycles. The third-order valence-corrected chi connectivity index (χ3v) is 4.88. The maximum absolute atomic E-state index is 13.2. The molecule has 3 aromatic rings. The summed E-state index contributed by atoms with van der Waals surface area (Å²) in [5, 5.41) is 8.52. The highest BCUT2D eigenvalue weighted by Gasteiger charge is 2.22. The first kappa shape index (κ1) is 16.8. The van der Waals surface area contributed by atoms with Crippen molar-refractivity contribution in [1.82, 2.24) is 15.0 Å². The molecular formula is C20H19ClN4O. The third kappa shape index (κ3) is 3.48. The van der Waals surface area contributed by atoms with Crippen molar-refractivity contribution in [3.8, 4) is 0 Å². The molecule has 132 valence electrons. The molecule has 6 heteroatoms. The molecule has 1 amide bonds. The highest BCUT2D eigenvalue weighted by Crippen LogP contribution is 2.30. The van der Waals surface area contributed by atoms with Crippen molar-refractivity contribution in [1.29, 1.82) is 0 Å². The first-order chi connectivity index (χ1) is 12.7. The van der Waals surface area contributed by atoms with Gasteiger partial charge >= 0.3 is 0 Å². The van der Waals surface area contributed by atoms with Gasteiger partial charge in [0.25, 0.3) is 5.91 Å². The number of nitrogens with zero attached hydrogens (tertiary/aromatic N) is 4. The molecule has 0 N–H and O–H groups in total. The highest BCUT2D eigenvalue weighted by atomic mass is 35.5. The van der Waals surface area contributed by atoms with Crippen LogP contribution < -0.4 is 4.90 Å². The number of carbonyl (C=O) groups is 1. The van der Waals surface area contributed by atoms with Crippen molar-refractivity contribution >= 4 is 23.2 Å². The zero-order valence-electron chi connectivity index (χ0n) is 14.3. The van der Waals surface area contributed by atoms with Gasteiger partial charge in [0.2, 0.25) is 0 Å². The lowest BCUT2D eigenvalue weighted by atomic mass is 10.1. The van der Waals surface area contributed by atoms with Gasteiger partial charge in [-0.05, 0) is 60.7 Å². The fourth-order valence-electron chi connectivity index (χ4n) is 3.40. The molecule has 0 bridgehead atoms. The number of aryl methyl sites for hydroxylation is 1. The molecule has 0 unspecified atom stereocenters. The summed E-state index contributed by atoms with van der Waals surface area (Å²) in [6, 6.07) is 13.5. The Bertz CT molecular complexity index is 923. The summed E-state index contributed by atoms with van der Waals surface area (Å²) < 4.78 is 1.74. The van der Waals surface area contributed by atoms with E-state index < -0.39 is 0 Å². The molecule has 0 saturated heterocycles. The first-order valence-corrected chi connectivity index (χ1v) is 9.12. The summed E-state index contributed by atoms with van der Waals surface area (Å²) in [6.07, 6.45) is 6.45. The van der Waals surface area contributed by atoms with Gasteiger partial charge in [0.15, 0.2) is 0 Å². The minimum atomic E-state index is 0.0240. The Balaban J connectivity index is 1.63. The van der Waals surface area contributed by atoms with Gasteiger partial charge in [-0.3, -0.25) is 4.79 Å². The largest absolute Gasteiger partial charge is 0.308 e. The predicted octanol–water partition coefficient (Wildman–Crippen LogP) is 3.96. The van der Waals surface area contributed by atoms with E-state index in [0.717, 1.165) is 42.6 Å². The molecule has 2 aromatic carbocycles. The quantitative estimate of drug-likeness (QED) is 0.705. The van der Waals surface area contributed by atoms with E-state index in [-0.39, 0.29) is 5.91 Å². The topological polar surface area (TPSA) is 51.0 Å². The van der Waals surface area contributed by atoms with Crippen LogP contribution in [0, 0.1) is 0 Å². The second-order valence-corrected chi connectivity index (χ2v) is 6.92. The summed E-state index contributed by atoms with van der Waals surface area (Å²) in [7, 11) is 0. The Labute approximate surface area is 157 Å². The van der Waals surface area contributed by atoms with Crippen LogP contribution in [-0.2, 0) is 13.0 Å². The van der Waals surface area contributed by atoms with Crippen LogP contribution in [0.4, 0.5) is 5.69 Å². The molecule has 0 radical (unpaired) electrons. The molecular weight excluding hydrogens is 348 g/mol. The molecule has 1 aromatic heterocycles. The zero-order valence-corrected chi connectivity index (χ0v) is 15.1. The Kier molecular flexibility index (Phi) is 4.71. The van der Waals surface area contributed by atoms with Crippen LogP contribution in [0.5, 0.6) is 0 Å². The Hall–Kier alpha value is -2.66. The van der Waals surface area contributed by atoms with E-state index >= 15 is 0 Å². The number of carbonyl (C=O) groups excluding carboxylic acids is 1. The smallest absolute Gasteiger partial charge is 0.258 e. The second kappa shape index (κ2) is 7.30. The maximum atomic E-state index is 13.2. The molecule has 26 heavy (non-hydrogen) atoms. The van der Waals surface area contributed by atoms with E-state index in [0.29, 0.717) is 17.1 Å². The molecule has 0 spiro atoms. The number of fused-ring (bicyclic) bond motifs is 1. The number of hydrogen-bond donors (Lipinski definition) is 0. The van der Waals surface area contributed by atoms with Crippen LogP contribution >= 0.6 is 11.6 Å². The van der Waals surface area contributed by atoms with Crippen LogP contribution in [0.15, 0.2) is 54.9 Å². The number of amides is 1. The summed E-state index contributed by atoms with van der Waals surface area (Å²) in [5.41, 5.74) is 3.82. The van der Waals surface area contributed by atoms with Crippen LogP contribution in [-0.4, -0.2) is 27.4 Å². The fraction of sp³-hybridized carbons (Fsp3) is 0.250. The molecule has 1 aliphatic heterocycles. The number of hydrogen-bond acceptors (Lipinski definition) is 3. The number of rotatable bonds is 3. The standard InChI is InChI=1S/C20H19ClN4O/c21-18-7-8-19-16(13-18)5-1-2-10-25(19)20(26)17-6-3-4-15(12-17)14-24-11-9-22-23-24/h3-4,6-9,11-13H,1-2,5,10,14H2. The number of anilines is 1. The molecule has 0 aliphatic carbocycles. The van der Waals surface area contributed by atoms with Gasteiger partial charge in [0.1, 0.15) is 0 Å². The summed E-state index contributed by atoms with van der Waals surface area (Å²) in [5.74, 6) is 0.0240. The van der Waals surface area contributed by atoms with Gasteiger partial charge < -0.3 is 4.90 Å². The Morgan fingerprint density at radius 1 is 1.15 bits per heavy atom. The summed E-state index contributed by atoms with van der Waals surface area (Å²) in [6.45, 7) is 1.31. The zero-order chi connectivity index (χ0) is 17.9. The lowest BCUT2D eigenvalue weighted by Crippen LogP contribution is -2.31. The van der Waals surface area contributed by atoms with Gasteiger partial charge in [-0.25, -0.2) is 4.68 Å². The molecule has 2 heterocycles. The average Bonchev–Trinajstić information content (AvgIpc) is 3.06. The number of aromatic nitrogens is 3. The van der Waals surface area contributed by atoms with E-state index in [1.165, 1.54) is 0 Å². The van der Waals surface area contributed by atoms with Gasteiger partial charge in [-0.1, -0.05) is 28.9 Å². The van der Waals surface area contributed by atoms with Crippen LogP contribution in [0.1, 0.15) is 34.3 Å². The van der Waals surface area contributed by atoms with E-state index in [1.807, 2.05) is 53.6 Å². The van der Waals surface area contributed by atoms with E-state index in [4.69, 9.17) is 11.6 Å². The first-order valence-electron chi connectivity index (χ1n) is 8.74. The second-order valence-electron chi connectivity index (χ2n) is 6.49. The van der Waals surface area contributed by atoms with Gasteiger partial charge in [0, 0.05) is 29.0 Å². The number of benzene rings is 2. The minimum absolute atomic E-state index is 0.0240. The van der Waals surface area contributed by atoms with E-state index in [1.54, 1.807) is 10.9 Å². The van der Waals surface area contributed by atoms with Crippen LogP contribution in [0.3, 0.4) is 0 Å². The van der Waals surface area contributed by atoms with Crippen molar-refractivity contribution in [2.45, 2.75) is 25.8 Å².